The second kappa shape index (κ2) is 6.93. The number of rotatable bonds is 4. The SMILES string of the molecule is COC1O[C@@H]2[C@]3(O[Si](C)(C)C(C)(C)C)O[C@H]4C[C@@]2(NC(=O)C(Cl)(Cl)Cl)C1[C@@H](O3)[C@]4(C)O. The van der Waals surface area contributed by atoms with Gasteiger partial charge in [-0.05, 0) is 25.1 Å². The second-order valence-corrected chi connectivity index (χ2v) is 17.7. The summed E-state index contributed by atoms with van der Waals surface area (Å²) in [4.78, 5) is 12.8. The normalized spacial score (nSPS) is 46.5. The van der Waals surface area contributed by atoms with Crippen LogP contribution >= 0.6 is 34.8 Å². The van der Waals surface area contributed by atoms with Crippen molar-refractivity contribution in [2.24, 2.45) is 5.92 Å². The highest BCUT2D eigenvalue weighted by Gasteiger charge is 2.83. The van der Waals surface area contributed by atoms with E-state index in [0.29, 0.717) is 0 Å². The van der Waals surface area contributed by atoms with E-state index in [0.717, 1.165) is 0 Å². The number of carbonyl (C=O) groups is 1. The van der Waals surface area contributed by atoms with Gasteiger partial charge < -0.3 is 33.8 Å². The molecule has 5 fully saturated rings. The number of amides is 1. The molecular weight excluding hydrogens is 489 g/mol. The molecule has 1 saturated carbocycles. The molecule has 31 heavy (non-hydrogen) atoms. The van der Waals surface area contributed by atoms with E-state index >= 15 is 0 Å². The molecule has 0 radical (unpaired) electrons. The molecule has 1 amide bonds. The average Bonchev–Trinajstić information content (AvgIpc) is 2.82. The Morgan fingerprint density at radius 3 is 2.35 bits per heavy atom. The summed E-state index contributed by atoms with van der Waals surface area (Å²) >= 11 is 17.6. The van der Waals surface area contributed by atoms with Crippen LogP contribution in [0.2, 0.25) is 18.1 Å². The van der Waals surface area contributed by atoms with Crippen LogP contribution in [-0.4, -0.2) is 71.9 Å². The van der Waals surface area contributed by atoms with Gasteiger partial charge in [-0.15, -0.1) is 0 Å². The average molecular weight is 519 g/mol. The van der Waals surface area contributed by atoms with Gasteiger partial charge in [0, 0.05) is 13.5 Å². The third-order valence-corrected chi connectivity index (χ3v) is 12.6. The van der Waals surface area contributed by atoms with Crippen molar-refractivity contribution in [3.63, 3.8) is 0 Å². The molecule has 1 aliphatic carbocycles. The molecule has 12 heteroatoms. The summed E-state index contributed by atoms with van der Waals surface area (Å²) in [6, 6.07) is 0. The topological polar surface area (TPSA) is 95.5 Å². The highest BCUT2D eigenvalue weighted by molar-refractivity contribution is 6.76. The molecule has 4 saturated heterocycles. The predicted octanol–water partition coefficient (Wildman–Crippen LogP) is 2.83. The van der Waals surface area contributed by atoms with Crippen LogP contribution < -0.4 is 5.32 Å². The zero-order chi connectivity index (χ0) is 23.4. The van der Waals surface area contributed by atoms with Gasteiger partial charge in [-0.2, -0.15) is 0 Å². The molecule has 5 aliphatic rings. The Labute approximate surface area is 198 Å². The number of carbonyl (C=O) groups excluding carboxylic acids is 1. The molecule has 178 valence electrons. The lowest BCUT2D eigenvalue weighted by atomic mass is 9.59. The summed E-state index contributed by atoms with van der Waals surface area (Å²) in [6.45, 7) is 12.0. The largest absolute Gasteiger partial charge is 0.385 e. The van der Waals surface area contributed by atoms with Crippen LogP contribution in [0.4, 0.5) is 0 Å². The molecule has 4 aliphatic heterocycles. The van der Waals surface area contributed by atoms with Gasteiger partial charge in [-0.25, -0.2) is 0 Å². The van der Waals surface area contributed by atoms with Gasteiger partial charge in [0.15, 0.2) is 20.7 Å². The molecule has 0 aromatic carbocycles. The number of hydrogen-bond acceptors (Lipinski definition) is 7. The van der Waals surface area contributed by atoms with Gasteiger partial charge in [-0.1, -0.05) is 55.6 Å². The first-order valence-corrected chi connectivity index (χ1v) is 14.3. The number of hydrogen-bond donors (Lipinski definition) is 2. The predicted molar refractivity (Wildman–Crippen MR) is 116 cm³/mol. The maximum absolute atomic E-state index is 12.8. The summed E-state index contributed by atoms with van der Waals surface area (Å²) in [6.07, 6.45) is -2.94. The van der Waals surface area contributed by atoms with Gasteiger partial charge in [0.05, 0.1) is 17.6 Å². The number of alkyl halides is 3. The molecule has 8 atom stereocenters. The van der Waals surface area contributed by atoms with E-state index in [9.17, 15) is 9.90 Å². The van der Waals surface area contributed by atoms with Crippen molar-refractivity contribution in [1.29, 1.82) is 0 Å². The van der Waals surface area contributed by atoms with Crippen LogP contribution in [0, 0.1) is 5.92 Å². The minimum Gasteiger partial charge on any atom is -0.385 e. The number of aliphatic hydroxyl groups is 1. The van der Waals surface area contributed by atoms with Crippen molar-refractivity contribution < 1.29 is 33.3 Å². The fourth-order valence-electron chi connectivity index (χ4n) is 5.05. The minimum absolute atomic E-state index is 0.168. The summed E-state index contributed by atoms with van der Waals surface area (Å²) in [5.41, 5.74) is -2.44. The van der Waals surface area contributed by atoms with Crippen LogP contribution in [0.15, 0.2) is 0 Å². The molecule has 6 bridgehead atoms. The maximum atomic E-state index is 12.8. The van der Waals surface area contributed by atoms with E-state index in [1.54, 1.807) is 6.92 Å². The van der Waals surface area contributed by atoms with Crippen molar-refractivity contribution in [3.8, 4) is 0 Å². The Bertz CT molecular complexity index is 785. The van der Waals surface area contributed by atoms with Crippen molar-refractivity contribution in [2.75, 3.05) is 7.11 Å². The standard InChI is InChI=1S/C19H30Cl3NO7Si/c1-15(2,3)31(6,7)30-19-13-17(23-14(24)18(20,21)22)8-9(28-19)16(4,25)11(29-19)10(17)12(26-5)27-13/h9-13,25H,8H2,1-7H3,(H,23,24)/t9-,10?,11+,12?,13-,16+,17+,19-/m0/s1. The maximum Gasteiger partial charge on any atom is 0.304 e. The van der Waals surface area contributed by atoms with Crippen LogP contribution in [0.25, 0.3) is 0 Å². The van der Waals surface area contributed by atoms with E-state index in [-0.39, 0.29) is 11.5 Å². The van der Waals surface area contributed by atoms with Gasteiger partial charge >= 0.3 is 5.97 Å². The summed E-state index contributed by atoms with van der Waals surface area (Å²) in [5, 5.41) is 14.0. The number of methoxy groups -OCH3 is 1. The third kappa shape index (κ3) is 3.34. The zero-order valence-corrected chi connectivity index (χ0v) is 21.9. The number of nitrogens with one attached hydrogen (secondary N) is 1. The first-order chi connectivity index (χ1) is 13.9. The molecule has 2 N–H and O–H groups in total. The van der Waals surface area contributed by atoms with E-state index in [1.165, 1.54) is 7.11 Å². The molecule has 0 aromatic rings. The molecule has 5 rings (SSSR count). The molecule has 8 nitrogen and oxygen atoms in total. The van der Waals surface area contributed by atoms with Crippen LogP contribution in [0.3, 0.4) is 0 Å². The Balaban J connectivity index is 1.84. The quantitative estimate of drug-likeness (QED) is 0.436. The zero-order valence-electron chi connectivity index (χ0n) is 18.6. The summed E-state index contributed by atoms with van der Waals surface area (Å²) in [5.74, 6) is -2.99. The second-order valence-electron chi connectivity index (χ2n) is 10.7. The van der Waals surface area contributed by atoms with E-state index in [2.05, 4.69) is 39.2 Å². The van der Waals surface area contributed by atoms with E-state index < -0.39 is 65.7 Å². The lowest BCUT2D eigenvalue weighted by Crippen LogP contribution is -2.87. The molecule has 0 spiro atoms. The molecule has 4 heterocycles. The first-order valence-electron chi connectivity index (χ1n) is 10.3. The van der Waals surface area contributed by atoms with E-state index in [4.69, 9.17) is 58.2 Å². The number of ether oxygens (including phenoxy) is 4. The monoisotopic (exact) mass is 517 g/mol. The highest BCUT2D eigenvalue weighted by Crippen LogP contribution is 2.64. The van der Waals surface area contributed by atoms with Crippen LogP contribution in [-0.2, 0) is 28.2 Å². The minimum atomic E-state index is -2.46. The van der Waals surface area contributed by atoms with Crippen molar-refractivity contribution in [2.45, 2.75) is 97.8 Å². The van der Waals surface area contributed by atoms with Crippen molar-refractivity contribution in [1.82, 2.24) is 5.32 Å². The Hall–Kier alpha value is 0.317. The van der Waals surface area contributed by atoms with Gasteiger partial charge in [0.1, 0.15) is 11.7 Å². The Morgan fingerprint density at radius 2 is 1.84 bits per heavy atom. The Morgan fingerprint density at radius 1 is 1.23 bits per heavy atom. The lowest BCUT2D eigenvalue weighted by Gasteiger charge is -2.68. The smallest absolute Gasteiger partial charge is 0.304 e. The van der Waals surface area contributed by atoms with Crippen molar-refractivity contribution in [3.05, 3.63) is 0 Å². The van der Waals surface area contributed by atoms with Gasteiger partial charge in [-0.3, -0.25) is 4.79 Å². The molecule has 0 aromatic heterocycles. The highest BCUT2D eigenvalue weighted by atomic mass is 35.6. The summed E-state index contributed by atoms with van der Waals surface area (Å²) < 4.78 is 29.0. The lowest BCUT2D eigenvalue weighted by molar-refractivity contribution is -0.506. The third-order valence-electron chi connectivity index (χ3n) is 7.66. The number of halogens is 3. The fourth-order valence-corrected chi connectivity index (χ4v) is 6.41. The molecular formula is C19H30Cl3NO7Si. The Kier molecular flexibility index (Phi) is 5.46. The molecule has 2 unspecified atom stereocenters. The van der Waals surface area contributed by atoms with Gasteiger partial charge in [0.25, 0.3) is 9.70 Å². The van der Waals surface area contributed by atoms with Crippen molar-refractivity contribution >= 4 is 49.0 Å². The summed E-state index contributed by atoms with van der Waals surface area (Å²) in [7, 11) is -0.968. The van der Waals surface area contributed by atoms with Crippen LogP contribution in [0.1, 0.15) is 34.1 Å². The van der Waals surface area contributed by atoms with Crippen LogP contribution in [0.5, 0.6) is 0 Å². The fraction of sp³-hybridized carbons (Fsp3) is 0.947. The first kappa shape index (κ1) is 24.4. The van der Waals surface area contributed by atoms with Gasteiger partial charge in [0.2, 0.25) is 0 Å². The van der Waals surface area contributed by atoms with E-state index in [1.807, 2.05) is 0 Å².